The molecule has 0 saturated heterocycles. The summed E-state index contributed by atoms with van der Waals surface area (Å²) in [5, 5.41) is 6.27. The van der Waals surface area contributed by atoms with Crippen molar-refractivity contribution in [2.75, 3.05) is 6.61 Å². The highest BCUT2D eigenvalue weighted by molar-refractivity contribution is 5.96. The second-order valence-electron chi connectivity index (χ2n) is 4.40. The Morgan fingerprint density at radius 2 is 2.14 bits per heavy atom. The summed E-state index contributed by atoms with van der Waals surface area (Å²) in [5.41, 5.74) is 0.991. The van der Waals surface area contributed by atoms with E-state index in [1.807, 2.05) is 31.2 Å². The summed E-state index contributed by atoms with van der Waals surface area (Å²) >= 11 is 0. The summed E-state index contributed by atoms with van der Waals surface area (Å²) in [7, 11) is 0. The van der Waals surface area contributed by atoms with Gasteiger partial charge in [0, 0.05) is 19.5 Å². The number of rotatable bonds is 6. The third-order valence-electron chi connectivity index (χ3n) is 2.75. The number of amides is 1. The van der Waals surface area contributed by atoms with E-state index in [1.54, 1.807) is 0 Å². The average molecular weight is 288 g/mol. The van der Waals surface area contributed by atoms with Crippen LogP contribution in [0.25, 0.3) is 0 Å². The monoisotopic (exact) mass is 288 g/mol. The van der Waals surface area contributed by atoms with Gasteiger partial charge in [-0.1, -0.05) is 17.3 Å². The number of hydrogen-bond donors (Lipinski definition) is 1. The summed E-state index contributed by atoms with van der Waals surface area (Å²) in [6, 6.07) is 8.77. The van der Waals surface area contributed by atoms with Crippen molar-refractivity contribution in [2.24, 2.45) is 0 Å². The van der Waals surface area contributed by atoms with E-state index >= 15 is 0 Å². The molecule has 2 rings (SSSR count). The Kier molecular flexibility index (Phi) is 4.71. The third kappa shape index (κ3) is 3.92. The van der Waals surface area contributed by atoms with Gasteiger partial charge < -0.3 is 14.6 Å². The van der Waals surface area contributed by atoms with Crippen molar-refractivity contribution in [3.8, 4) is 5.75 Å². The molecule has 0 fully saturated rings. The zero-order chi connectivity index (χ0) is 15.2. The van der Waals surface area contributed by atoms with Gasteiger partial charge in [-0.2, -0.15) is 0 Å². The van der Waals surface area contributed by atoms with E-state index in [4.69, 9.17) is 9.26 Å². The Labute approximate surface area is 122 Å². The van der Waals surface area contributed by atoms with E-state index in [2.05, 4.69) is 10.5 Å². The number of aromatic nitrogens is 1. The molecule has 0 aliphatic carbocycles. The maximum atomic E-state index is 11.9. The van der Waals surface area contributed by atoms with Crippen LogP contribution in [0.4, 0.5) is 0 Å². The van der Waals surface area contributed by atoms with Gasteiger partial charge in [0.1, 0.15) is 5.75 Å². The lowest BCUT2D eigenvalue weighted by molar-refractivity contribution is 0.0935. The maximum Gasteiger partial charge on any atom is 0.273 e. The molecule has 0 spiro atoms. The molecule has 1 aromatic carbocycles. The van der Waals surface area contributed by atoms with Crippen LogP contribution in [-0.4, -0.2) is 23.5 Å². The minimum Gasteiger partial charge on any atom is -0.494 e. The van der Waals surface area contributed by atoms with Crippen molar-refractivity contribution in [1.82, 2.24) is 10.5 Å². The predicted octanol–water partition coefficient (Wildman–Crippen LogP) is 2.21. The Bertz CT molecular complexity index is 649. The highest BCUT2D eigenvalue weighted by Gasteiger charge is 2.14. The Balaban J connectivity index is 1.97. The Hall–Kier alpha value is -2.63. The number of hydrogen-bond acceptors (Lipinski definition) is 5. The van der Waals surface area contributed by atoms with E-state index in [-0.39, 0.29) is 17.2 Å². The van der Waals surface area contributed by atoms with Crippen LogP contribution >= 0.6 is 0 Å². The molecule has 0 aliphatic heterocycles. The van der Waals surface area contributed by atoms with Crippen LogP contribution in [0.2, 0.25) is 0 Å². The molecule has 21 heavy (non-hydrogen) atoms. The molecule has 0 unspecified atom stereocenters. The van der Waals surface area contributed by atoms with Gasteiger partial charge in [-0.15, -0.1) is 0 Å². The molecule has 0 aliphatic rings. The van der Waals surface area contributed by atoms with Gasteiger partial charge in [0.25, 0.3) is 5.91 Å². The third-order valence-corrected chi connectivity index (χ3v) is 2.75. The Morgan fingerprint density at radius 3 is 2.81 bits per heavy atom. The van der Waals surface area contributed by atoms with E-state index in [9.17, 15) is 9.59 Å². The number of ketones is 1. The highest BCUT2D eigenvalue weighted by atomic mass is 16.5. The average Bonchev–Trinajstić information content (AvgIpc) is 2.96. The molecular weight excluding hydrogens is 272 g/mol. The topological polar surface area (TPSA) is 81.4 Å². The standard InChI is InChI=1S/C15H16N2O4/c1-3-20-12-6-4-5-11(7-12)9-16-15(19)13-8-14(10(2)18)21-17-13/h4-8H,3,9H2,1-2H3,(H,16,19). The molecule has 6 heteroatoms. The summed E-state index contributed by atoms with van der Waals surface area (Å²) in [6.07, 6.45) is 0. The van der Waals surface area contributed by atoms with Gasteiger partial charge in [0.2, 0.25) is 5.76 Å². The predicted molar refractivity (Wildman–Crippen MR) is 75.3 cm³/mol. The zero-order valence-corrected chi connectivity index (χ0v) is 11.9. The van der Waals surface area contributed by atoms with Gasteiger partial charge >= 0.3 is 0 Å². The molecule has 110 valence electrons. The van der Waals surface area contributed by atoms with E-state index in [0.717, 1.165) is 11.3 Å². The second-order valence-corrected chi connectivity index (χ2v) is 4.40. The number of Topliss-reactive ketones (excluding diaryl/α,β-unsaturated/α-hetero) is 1. The van der Waals surface area contributed by atoms with Crippen LogP contribution in [0, 0.1) is 0 Å². The minimum absolute atomic E-state index is 0.0680. The molecule has 2 aromatic rings. The molecule has 1 heterocycles. The van der Waals surface area contributed by atoms with Crippen LogP contribution in [0.15, 0.2) is 34.9 Å². The molecular formula is C15H16N2O4. The lowest BCUT2D eigenvalue weighted by atomic mass is 10.2. The van der Waals surface area contributed by atoms with Crippen LogP contribution in [-0.2, 0) is 6.54 Å². The molecule has 6 nitrogen and oxygen atoms in total. The van der Waals surface area contributed by atoms with Crippen LogP contribution in [0.5, 0.6) is 5.75 Å². The largest absolute Gasteiger partial charge is 0.494 e. The summed E-state index contributed by atoms with van der Waals surface area (Å²) < 4.78 is 10.2. The first-order valence-electron chi connectivity index (χ1n) is 6.57. The number of benzene rings is 1. The summed E-state index contributed by atoms with van der Waals surface area (Å²) in [4.78, 5) is 23.0. The molecule has 1 N–H and O–H groups in total. The number of carbonyl (C=O) groups is 2. The van der Waals surface area contributed by atoms with Crippen molar-refractivity contribution in [3.05, 3.63) is 47.3 Å². The van der Waals surface area contributed by atoms with E-state index in [1.165, 1.54) is 13.0 Å². The number of nitrogens with one attached hydrogen (secondary N) is 1. The first-order valence-corrected chi connectivity index (χ1v) is 6.57. The number of ether oxygens (including phenoxy) is 1. The fourth-order valence-corrected chi connectivity index (χ4v) is 1.73. The van der Waals surface area contributed by atoms with Gasteiger partial charge in [0.05, 0.1) is 6.61 Å². The molecule has 0 radical (unpaired) electrons. The molecule has 0 saturated carbocycles. The fourth-order valence-electron chi connectivity index (χ4n) is 1.73. The fraction of sp³-hybridized carbons (Fsp3) is 0.267. The van der Waals surface area contributed by atoms with Crippen molar-refractivity contribution in [3.63, 3.8) is 0 Å². The van der Waals surface area contributed by atoms with Crippen LogP contribution in [0.3, 0.4) is 0 Å². The highest BCUT2D eigenvalue weighted by Crippen LogP contribution is 2.13. The number of carbonyl (C=O) groups excluding carboxylic acids is 2. The van der Waals surface area contributed by atoms with Crippen molar-refractivity contribution in [1.29, 1.82) is 0 Å². The normalized spacial score (nSPS) is 10.2. The first kappa shape index (κ1) is 14.8. The first-order chi connectivity index (χ1) is 10.1. The lowest BCUT2D eigenvalue weighted by Gasteiger charge is -2.06. The van der Waals surface area contributed by atoms with Crippen molar-refractivity contribution < 1.29 is 18.8 Å². The molecule has 1 amide bonds. The van der Waals surface area contributed by atoms with Gasteiger partial charge in [-0.05, 0) is 24.6 Å². The number of nitrogens with zero attached hydrogens (tertiary/aromatic N) is 1. The second kappa shape index (κ2) is 6.69. The molecule has 0 atom stereocenters. The lowest BCUT2D eigenvalue weighted by Crippen LogP contribution is -2.23. The van der Waals surface area contributed by atoms with Gasteiger partial charge in [-0.3, -0.25) is 9.59 Å². The van der Waals surface area contributed by atoms with Gasteiger partial charge in [0.15, 0.2) is 11.5 Å². The van der Waals surface area contributed by atoms with Gasteiger partial charge in [-0.25, -0.2) is 0 Å². The smallest absolute Gasteiger partial charge is 0.273 e. The SMILES string of the molecule is CCOc1cccc(CNC(=O)c2cc(C(C)=O)on2)c1. The zero-order valence-electron chi connectivity index (χ0n) is 11.9. The van der Waals surface area contributed by atoms with E-state index in [0.29, 0.717) is 13.2 Å². The maximum absolute atomic E-state index is 11.9. The van der Waals surface area contributed by atoms with Crippen molar-refractivity contribution in [2.45, 2.75) is 20.4 Å². The minimum atomic E-state index is -0.395. The van der Waals surface area contributed by atoms with Crippen molar-refractivity contribution >= 4 is 11.7 Å². The molecule has 0 bridgehead atoms. The van der Waals surface area contributed by atoms with Crippen LogP contribution in [0.1, 0.15) is 40.5 Å². The summed E-state index contributed by atoms with van der Waals surface area (Å²) in [5.74, 6) is 0.155. The Morgan fingerprint density at radius 1 is 1.33 bits per heavy atom. The van der Waals surface area contributed by atoms with E-state index < -0.39 is 5.91 Å². The quantitative estimate of drug-likeness (QED) is 0.824. The van der Waals surface area contributed by atoms with Crippen LogP contribution < -0.4 is 10.1 Å². The summed E-state index contributed by atoms with van der Waals surface area (Å²) in [6.45, 7) is 4.18. The molecule has 1 aromatic heterocycles.